The predicted octanol–water partition coefficient (Wildman–Crippen LogP) is 3.39. The zero-order chi connectivity index (χ0) is 8.43. The number of rotatable bonds is 1. The Balaban J connectivity index is 3.21. The molecule has 1 aromatic rings. The molecule has 1 nitrogen and oxygen atoms in total. The number of aromatic nitrogens is 1. The van der Waals surface area contributed by atoms with Crippen LogP contribution < -0.4 is 0 Å². The van der Waals surface area contributed by atoms with E-state index in [0.29, 0.717) is 8.17 Å². The molecule has 0 atom stereocenters. The van der Waals surface area contributed by atoms with Crippen molar-refractivity contribution in [1.29, 1.82) is 0 Å². The molecule has 0 aromatic carbocycles. The minimum absolute atomic E-state index is 0.0342. The van der Waals surface area contributed by atoms with Crippen molar-refractivity contribution in [1.82, 2.24) is 4.98 Å². The molecule has 0 radical (unpaired) electrons. The van der Waals surface area contributed by atoms with Gasteiger partial charge in [-0.1, -0.05) is 15.9 Å². The fraction of sp³-hybridized carbons (Fsp3) is 0.167. The van der Waals surface area contributed by atoms with Gasteiger partial charge in [0.15, 0.2) is 0 Å². The van der Waals surface area contributed by atoms with Gasteiger partial charge in [0.05, 0.1) is 5.56 Å². The summed E-state index contributed by atoms with van der Waals surface area (Å²) < 4.78 is 25.2. The van der Waals surface area contributed by atoms with Gasteiger partial charge < -0.3 is 0 Å². The summed E-state index contributed by atoms with van der Waals surface area (Å²) in [5.41, 5.74) is -0.0342. The molecule has 5 heteroatoms. The third kappa shape index (κ3) is 2.08. The molecule has 1 heterocycles. The molecule has 0 amide bonds. The van der Waals surface area contributed by atoms with Crippen LogP contribution >= 0.6 is 38.5 Å². The average Bonchev–Trinajstić information content (AvgIpc) is 1.85. The molecule has 0 bridgehead atoms. The van der Waals surface area contributed by atoms with Crippen LogP contribution in [0.25, 0.3) is 0 Å². The van der Waals surface area contributed by atoms with Crippen LogP contribution in [0.4, 0.5) is 8.78 Å². The van der Waals surface area contributed by atoms with Gasteiger partial charge in [-0.05, 0) is 28.7 Å². The van der Waals surface area contributed by atoms with Crippen LogP contribution in [-0.4, -0.2) is 4.98 Å². The van der Waals surface area contributed by atoms with E-state index in [1.54, 1.807) is 22.6 Å². The van der Waals surface area contributed by atoms with Crippen molar-refractivity contribution in [3.05, 3.63) is 26.0 Å². The topological polar surface area (TPSA) is 12.9 Å². The van der Waals surface area contributed by atoms with E-state index in [4.69, 9.17) is 0 Å². The third-order valence-corrected chi connectivity index (χ3v) is 2.66. The maximum atomic E-state index is 12.2. The highest BCUT2D eigenvalue weighted by molar-refractivity contribution is 14.1. The monoisotopic (exact) mass is 333 g/mol. The number of hydrogen-bond donors (Lipinski definition) is 0. The van der Waals surface area contributed by atoms with Crippen molar-refractivity contribution in [2.75, 3.05) is 0 Å². The highest BCUT2D eigenvalue weighted by Gasteiger charge is 2.15. The maximum Gasteiger partial charge on any atom is 0.267 e. The van der Waals surface area contributed by atoms with Gasteiger partial charge in [-0.3, -0.25) is 0 Å². The van der Waals surface area contributed by atoms with Crippen molar-refractivity contribution >= 4 is 38.5 Å². The van der Waals surface area contributed by atoms with E-state index in [2.05, 4.69) is 20.9 Å². The molecule has 1 aromatic heterocycles. The molecule has 11 heavy (non-hydrogen) atoms. The first kappa shape index (κ1) is 9.31. The van der Waals surface area contributed by atoms with Crippen molar-refractivity contribution in [2.45, 2.75) is 6.43 Å². The van der Waals surface area contributed by atoms with E-state index in [0.717, 1.165) is 0 Å². The summed E-state index contributed by atoms with van der Waals surface area (Å²) in [5.74, 6) is 0. The van der Waals surface area contributed by atoms with E-state index in [-0.39, 0.29) is 5.56 Å². The lowest BCUT2D eigenvalue weighted by molar-refractivity contribution is 0.149. The average molecular weight is 334 g/mol. The SMILES string of the molecule is FC(F)c1c(Br)ccnc1I. The molecule has 0 saturated carbocycles. The lowest BCUT2D eigenvalue weighted by Crippen LogP contribution is -1.93. The van der Waals surface area contributed by atoms with Crippen LogP contribution in [0.1, 0.15) is 12.0 Å². The highest BCUT2D eigenvalue weighted by atomic mass is 127. The second-order valence-electron chi connectivity index (χ2n) is 1.80. The van der Waals surface area contributed by atoms with Gasteiger partial charge in [0.1, 0.15) is 3.70 Å². The van der Waals surface area contributed by atoms with Gasteiger partial charge in [0.25, 0.3) is 6.43 Å². The minimum atomic E-state index is -2.47. The smallest absolute Gasteiger partial charge is 0.250 e. The second kappa shape index (κ2) is 3.75. The number of hydrogen-bond acceptors (Lipinski definition) is 1. The fourth-order valence-electron chi connectivity index (χ4n) is 0.620. The van der Waals surface area contributed by atoms with Crippen molar-refractivity contribution in [2.24, 2.45) is 0 Å². The number of alkyl halides is 2. The van der Waals surface area contributed by atoms with Crippen LogP contribution in [0.5, 0.6) is 0 Å². The fourth-order valence-corrected chi connectivity index (χ4v) is 2.16. The van der Waals surface area contributed by atoms with Crippen LogP contribution in [0.15, 0.2) is 16.7 Å². The first-order valence-corrected chi connectivity index (χ1v) is 4.58. The van der Waals surface area contributed by atoms with Crippen LogP contribution in [0, 0.1) is 3.70 Å². The summed E-state index contributed by atoms with van der Waals surface area (Å²) in [6.07, 6.45) is -0.984. The van der Waals surface area contributed by atoms with Gasteiger partial charge in [0.2, 0.25) is 0 Å². The lowest BCUT2D eigenvalue weighted by Gasteiger charge is -2.03. The van der Waals surface area contributed by atoms with Crippen molar-refractivity contribution in [3.8, 4) is 0 Å². The second-order valence-corrected chi connectivity index (χ2v) is 3.67. The quantitative estimate of drug-likeness (QED) is 0.567. The molecule has 0 spiro atoms. The van der Waals surface area contributed by atoms with Gasteiger partial charge in [0, 0.05) is 10.7 Å². The molecular weight excluding hydrogens is 331 g/mol. The molecule has 60 valence electrons. The molecule has 0 N–H and O–H groups in total. The van der Waals surface area contributed by atoms with Gasteiger partial charge in [-0.2, -0.15) is 0 Å². The largest absolute Gasteiger partial charge is 0.267 e. The van der Waals surface area contributed by atoms with E-state index < -0.39 is 6.43 Å². The van der Waals surface area contributed by atoms with E-state index in [1.807, 2.05) is 0 Å². The summed E-state index contributed by atoms with van der Waals surface area (Å²) in [4.78, 5) is 3.74. The van der Waals surface area contributed by atoms with E-state index in [1.165, 1.54) is 12.3 Å². The molecule has 0 fully saturated rings. The summed E-state index contributed by atoms with van der Waals surface area (Å²) in [6.45, 7) is 0. The van der Waals surface area contributed by atoms with Gasteiger partial charge in [-0.25, -0.2) is 13.8 Å². The highest BCUT2D eigenvalue weighted by Crippen LogP contribution is 2.29. The molecule has 0 aliphatic heterocycles. The summed E-state index contributed by atoms with van der Waals surface area (Å²) in [6, 6.07) is 1.50. The zero-order valence-electron chi connectivity index (χ0n) is 5.19. The molecule has 1 rings (SSSR count). The first-order chi connectivity index (χ1) is 5.13. The Labute approximate surface area is 84.5 Å². The Morgan fingerprint density at radius 3 is 2.55 bits per heavy atom. The molecule has 0 unspecified atom stereocenters. The van der Waals surface area contributed by atoms with Crippen LogP contribution in [0.3, 0.4) is 0 Å². The minimum Gasteiger partial charge on any atom is -0.250 e. The Morgan fingerprint density at radius 2 is 2.18 bits per heavy atom. The third-order valence-electron chi connectivity index (χ3n) is 1.11. The summed E-state index contributed by atoms with van der Waals surface area (Å²) in [7, 11) is 0. The maximum absolute atomic E-state index is 12.2. The van der Waals surface area contributed by atoms with Gasteiger partial charge in [-0.15, -0.1) is 0 Å². The Morgan fingerprint density at radius 1 is 1.55 bits per heavy atom. The number of nitrogens with zero attached hydrogens (tertiary/aromatic N) is 1. The lowest BCUT2D eigenvalue weighted by atomic mass is 10.3. The molecule has 0 aliphatic carbocycles. The van der Waals surface area contributed by atoms with Crippen LogP contribution in [0.2, 0.25) is 0 Å². The Kier molecular flexibility index (Phi) is 3.17. The Bertz CT molecular complexity index is 247. The van der Waals surface area contributed by atoms with E-state index in [9.17, 15) is 8.78 Å². The zero-order valence-corrected chi connectivity index (χ0v) is 8.93. The standard InChI is InChI=1S/C6H3BrF2IN/c7-3-1-2-11-6(10)4(3)5(8)9/h1-2,5H. The Hall–Kier alpha value is 0.220. The molecule has 0 saturated heterocycles. The normalized spacial score (nSPS) is 10.6. The van der Waals surface area contributed by atoms with Crippen molar-refractivity contribution in [3.63, 3.8) is 0 Å². The number of pyridine rings is 1. The number of halogens is 4. The summed E-state index contributed by atoms with van der Waals surface area (Å²) in [5, 5.41) is 0. The predicted molar refractivity (Wildman–Crippen MR) is 49.6 cm³/mol. The molecule has 0 aliphatic rings. The molecular formula is C6H3BrF2IN. The summed E-state index contributed by atoms with van der Waals surface area (Å²) >= 11 is 4.80. The van der Waals surface area contributed by atoms with Gasteiger partial charge >= 0.3 is 0 Å². The van der Waals surface area contributed by atoms with Crippen molar-refractivity contribution < 1.29 is 8.78 Å². The van der Waals surface area contributed by atoms with E-state index >= 15 is 0 Å². The van der Waals surface area contributed by atoms with Crippen LogP contribution in [-0.2, 0) is 0 Å². The first-order valence-electron chi connectivity index (χ1n) is 2.71.